The highest BCUT2D eigenvalue weighted by molar-refractivity contribution is 5.73. The zero-order valence-electron chi connectivity index (χ0n) is 30.2. The van der Waals surface area contributed by atoms with E-state index in [2.05, 4.69) is 36.5 Å². The van der Waals surface area contributed by atoms with E-state index in [0.717, 1.165) is 25.7 Å². The molecule has 1 fully saturated rings. The van der Waals surface area contributed by atoms with Gasteiger partial charge in [-0.25, -0.2) is 0 Å². The molecule has 1 aliphatic rings. The number of amides is 1. The van der Waals surface area contributed by atoms with Crippen LogP contribution in [0.25, 0.3) is 0 Å². The first-order valence-electron chi connectivity index (χ1n) is 19.2. The van der Waals surface area contributed by atoms with Crippen LogP contribution in [0.5, 0.6) is 0 Å². The minimum absolute atomic E-state index is 0.222. The van der Waals surface area contributed by atoms with Gasteiger partial charge in [0.1, 0.15) is 24.4 Å². The van der Waals surface area contributed by atoms with Gasteiger partial charge in [0.25, 0.3) is 0 Å². The molecule has 9 heteroatoms. The van der Waals surface area contributed by atoms with Crippen LogP contribution in [0, 0.1) is 0 Å². The summed E-state index contributed by atoms with van der Waals surface area (Å²) in [5.74, 6) is -0.369. The van der Waals surface area contributed by atoms with Crippen molar-refractivity contribution in [2.24, 2.45) is 0 Å². The average molecular weight is 682 g/mol. The minimum Gasteiger partial charge on any atom is -0.394 e. The normalized spacial score (nSPS) is 23.0. The molecule has 0 aromatic heterocycles. The van der Waals surface area contributed by atoms with E-state index in [1.807, 2.05) is 6.08 Å². The molecule has 7 unspecified atom stereocenters. The summed E-state index contributed by atoms with van der Waals surface area (Å²) in [4.78, 5) is 11.7. The molecular weight excluding hydrogens is 610 g/mol. The number of rotatable bonds is 30. The van der Waals surface area contributed by atoms with E-state index < -0.39 is 49.5 Å². The van der Waals surface area contributed by atoms with E-state index in [4.69, 9.17) is 9.47 Å². The van der Waals surface area contributed by atoms with Gasteiger partial charge in [0.2, 0.25) is 5.91 Å². The second-order valence-corrected chi connectivity index (χ2v) is 13.4. The Labute approximate surface area is 291 Å². The maximum atomic E-state index is 11.7. The smallest absolute Gasteiger partial charge is 0.217 e. The van der Waals surface area contributed by atoms with Crippen molar-refractivity contribution in [3.63, 3.8) is 0 Å². The Kier molecular flexibility index (Phi) is 28.0. The zero-order chi connectivity index (χ0) is 35.2. The number of nitrogens with one attached hydrogen (secondary N) is 1. The molecule has 1 saturated heterocycles. The third kappa shape index (κ3) is 22.2. The molecule has 280 valence electrons. The highest BCUT2D eigenvalue weighted by Crippen LogP contribution is 2.22. The van der Waals surface area contributed by atoms with Gasteiger partial charge in [0.15, 0.2) is 6.29 Å². The summed E-state index contributed by atoms with van der Waals surface area (Å²) >= 11 is 0. The Hall–Kier alpha value is -1.59. The first kappa shape index (κ1) is 44.4. The van der Waals surface area contributed by atoms with Gasteiger partial charge < -0.3 is 40.3 Å². The van der Waals surface area contributed by atoms with Crippen LogP contribution in [-0.4, -0.2) is 87.5 Å². The van der Waals surface area contributed by atoms with Gasteiger partial charge >= 0.3 is 0 Å². The van der Waals surface area contributed by atoms with Gasteiger partial charge in [0.05, 0.1) is 25.4 Å². The molecule has 0 spiro atoms. The minimum atomic E-state index is -1.57. The molecule has 1 heterocycles. The number of hydrogen-bond donors (Lipinski definition) is 6. The Balaban J connectivity index is 2.06. The number of carbonyl (C=O) groups excluding carboxylic acids is 1. The first-order chi connectivity index (χ1) is 23.3. The summed E-state index contributed by atoms with van der Waals surface area (Å²) in [5.41, 5.74) is 0. The summed E-state index contributed by atoms with van der Waals surface area (Å²) in [6, 6.07) is -0.826. The van der Waals surface area contributed by atoms with Gasteiger partial charge in [-0.3, -0.25) is 4.79 Å². The Morgan fingerprint density at radius 3 is 1.62 bits per heavy atom. The van der Waals surface area contributed by atoms with Crippen LogP contribution < -0.4 is 5.32 Å². The fraction of sp³-hybridized carbons (Fsp3) is 0.821. The van der Waals surface area contributed by atoms with Crippen LogP contribution >= 0.6 is 0 Å². The molecule has 0 aromatic rings. The van der Waals surface area contributed by atoms with E-state index in [1.54, 1.807) is 6.08 Å². The Morgan fingerprint density at radius 2 is 1.15 bits per heavy atom. The zero-order valence-corrected chi connectivity index (χ0v) is 30.2. The van der Waals surface area contributed by atoms with Crippen molar-refractivity contribution in [1.29, 1.82) is 0 Å². The van der Waals surface area contributed by atoms with Crippen molar-refractivity contribution in [2.75, 3.05) is 13.2 Å². The van der Waals surface area contributed by atoms with E-state index >= 15 is 0 Å². The Morgan fingerprint density at radius 1 is 0.688 bits per heavy atom. The molecule has 0 saturated carbocycles. The summed E-state index contributed by atoms with van der Waals surface area (Å²) in [6.45, 7) is 2.80. The van der Waals surface area contributed by atoms with E-state index in [9.17, 15) is 30.3 Å². The number of hydrogen-bond acceptors (Lipinski definition) is 8. The predicted octanol–water partition coefficient (Wildman–Crippen LogP) is 6.55. The quantitative estimate of drug-likeness (QED) is 0.0370. The number of allylic oxidation sites excluding steroid dienone is 5. The van der Waals surface area contributed by atoms with Crippen LogP contribution in [0.3, 0.4) is 0 Å². The molecule has 0 aromatic carbocycles. The number of aliphatic hydroxyl groups is 5. The largest absolute Gasteiger partial charge is 0.394 e. The molecule has 0 bridgehead atoms. The number of ether oxygens (including phenoxy) is 2. The SMILES string of the molecule is CCCCCCCCCCCCCCCCCC/C=C/CC/C=C/CC/C=C/C(O)C(COC1OC(CO)C(O)C(O)C1O)NC(C)=O. The highest BCUT2D eigenvalue weighted by Gasteiger charge is 2.44. The molecule has 48 heavy (non-hydrogen) atoms. The monoisotopic (exact) mass is 682 g/mol. The lowest BCUT2D eigenvalue weighted by molar-refractivity contribution is -0.302. The molecule has 7 atom stereocenters. The van der Waals surface area contributed by atoms with Crippen LogP contribution in [0.15, 0.2) is 36.5 Å². The summed E-state index contributed by atoms with van der Waals surface area (Å²) in [5, 5.41) is 52.5. The van der Waals surface area contributed by atoms with E-state index in [0.29, 0.717) is 0 Å². The van der Waals surface area contributed by atoms with Gasteiger partial charge in [-0.2, -0.15) is 0 Å². The number of unbranched alkanes of at least 4 members (excludes halogenated alkanes) is 18. The number of aliphatic hydroxyl groups excluding tert-OH is 5. The van der Waals surface area contributed by atoms with Crippen molar-refractivity contribution in [1.82, 2.24) is 5.32 Å². The molecule has 6 N–H and O–H groups in total. The standard InChI is InChI=1S/C39H71NO8/c1-3-4-5-6-7-8-9-10-11-12-13-14-15-16-17-18-19-20-21-22-23-24-25-26-27-28-29-34(43)33(40-32(2)42)31-47-39-38(46)37(45)36(44)35(30-41)48-39/h20-21,24-25,28-29,33-39,41,43-46H,3-19,22-23,26-27,30-31H2,1-2H3,(H,40,42)/b21-20+,25-24+,29-28+. The van der Waals surface area contributed by atoms with Crippen molar-refractivity contribution >= 4 is 5.91 Å². The van der Waals surface area contributed by atoms with Gasteiger partial charge in [-0.1, -0.05) is 140 Å². The molecule has 0 radical (unpaired) electrons. The third-order valence-corrected chi connectivity index (χ3v) is 8.98. The fourth-order valence-corrected chi connectivity index (χ4v) is 5.93. The highest BCUT2D eigenvalue weighted by atomic mass is 16.7. The van der Waals surface area contributed by atoms with Crippen LogP contribution in [-0.2, 0) is 14.3 Å². The first-order valence-corrected chi connectivity index (χ1v) is 19.2. The van der Waals surface area contributed by atoms with Gasteiger partial charge in [0, 0.05) is 6.92 Å². The molecule has 0 aliphatic carbocycles. The fourth-order valence-electron chi connectivity index (χ4n) is 5.93. The maximum absolute atomic E-state index is 11.7. The summed E-state index contributed by atoms with van der Waals surface area (Å²) < 4.78 is 10.8. The molecular formula is C39H71NO8. The van der Waals surface area contributed by atoms with Crippen LogP contribution in [0.2, 0.25) is 0 Å². The van der Waals surface area contributed by atoms with Gasteiger partial charge in [-0.05, 0) is 38.5 Å². The lowest BCUT2D eigenvalue weighted by Crippen LogP contribution is -2.60. The van der Waals surface area contributed by atoms with E-state index in [-0.39, 0.29) is 12.5 Å². The lowest BCUT2D eigenvalue weighted by Gasteiger charge is -2.40. The molecule has 9 nitrogen and oxygen atoms in total. The lowest BCUT2D eigenvalue weighted by atomic mass is 9.99. The second kappa shape index (κ2) is 30.3. The van der Waals surface area contributed by atoms with E-state index in [1.165, 1.54) is 116 Å². The van der Waals surface area contributed by atoms with Crippen molar-refractivity contribution < 1.29 is 39.8 Å². The topological polar surface area (TPSA) is 149 Å². The maximum Gasteiger partial charge on any atom is 0.217 e. The van der Waals surface area contributed by atoms with Gasteiger partial charge in [-0.15, -0.1) is 0 Å². The summed E-state index contributed by atoms with van der Waals surface area (Å²) in [7, 11) is 0. The van der Waals surface area contributed by atoms with Crippen molar-refractivity contribution in [3.05, 3.63) is 36.5 Å². The predicted molar refractivity (Wildman–Crippen MR) is 193 cm³/mol. The van der Waals surface area contributed by atoms with Crippen molar-refractivity contribution in [3.8, 4) is 0 Å². The molecule has 1 amide bonds. The molecule has 1 rings (SSSR count). The van der Waals surface area contributed by atoms with Crippen LogP contribution in [0.1, 0.15) is 149 Å². The molecule has 1 aliphatic heterocycles. The Bertz CT molecular complexity index is 848. The number of carbonyl (C=O) groups is 1. The second-order valence-electron chi connectivity index (χ2n) is 13.4. The average Bonchev–Trinajstić information content (AvgIpc) is 3.07. The van der Waals surface area contributed by atoms with Crippen molar-refractivity contribution in [2.45, 2.75) is 192 Å². The third-order valence-electron chi connectivity index (χ3n) is 8.98. The van der Waals surface area contributed by atoms with Crippen LogP contribution in [0.4, 0.5) is 0 Å². The summed E-state index contributed by atoms with van der Waals surface area (Å²) in [6.07, 6.45) is 31.4.